The normalized spacial score (nSPS) is 16.6. The van der Waals surface area contributed by atoms with Crippen molar-refractivity contribution in [1.29, 1.82) is 0 Å². The fourth-order valence-electron chi connectivity index (χ4n) is 5.84. The molecule has 1 unspecified atom stereocenters. The van der Waals surface area contributed by atoms with Gasteiger partial charge in [0.1, 0.15) is 10.6 Å². The molecule has 8 heteroatoms. The molecule has 4 aromatic rings. The Labute approximate surface area is 256 Å². The Bertz CT molecular complexity index is 1660. The van der Waals surface area contributed by atoms with Crippen molar-refractivity contribution in [3.63, 3.8) is 0 Å². The number of thioether (sulfide) groups is 1. The van der Waals surface area contributed by atoms with Gasteiger partial charge in [-0.15, -0.1) is 6.58 Å². The first-order valence-electron chi connectivity index (χ1n) is 14.0. The minimum atomic E-state index is -0.850. The van der Waals surface area contributed by atoms with Crippen LogP contribution in [-0.2, 0) is 24.3 Å². The SMILES string of the molecule is C=CCc1cc2c(cc1CC1(Sc3ccccc3)c3ccc(OC)c(OC)c3C(=O)N1Cc1ccc(OC)cc1)OCO2. The molecule has 1 amide bonds. The maximum Gasteiger partial charge on any atom is 0.259 e. The molecule has 0 saturated heterocycles. The van der Waals surface area contributed by atoms with Crippen molar-refractivity contribution >= 4 is 17.7 Å². The summed E-state index contributed by atoms with van der Waals surface area (Å²) >= 11 is 1.65. The fourth-order valence-corrected chi connectivity index (χ4v) is 7.29. The molecule has 0 radical (unpaired) electrons. The van der Waals surface area contributed by atoms with Crippen LogP contribution in [-0.4, -0.2) is 38.9 Å². The highest BCUT2D eigenvalue weighted by Gasteiger charge is 2.53. The number of fused-ring (bicyclic) bond motifs is 2. The summed E-state index contributed by atoms with van der Waals surface area (Å²) in [6.07, 6.45) is 3.02. The van der Waals surface area contributed by atoms with Crippen molar-refractivity contribution in [2.24, 2.45) is 0 Å². The van der Waals surface area contributed by atoms with Gasteiger partial charge < -0.3 is 28.6 Å². The zero-order valence-corrected chi connectivity index (χ0v) is 25.2. The van der Waals surface area contributed by atoms with Crippen LogP contribution in [0.4, 0.5) is 0 Å². The molecular weight excluding hydrogens is 562 g/mol. The van der Waals surface area contributed by atoms with Gasteiger partial charge in [-0.3, -0.25) is 4.79 Å². The number of hydrogen-bond donors (Lipinski definition) is 0. The summed E-state index contributed by atoms with van der Waals surface area (Å²) in [5.74, 6) is 2.98. The Morgan fingerprint density at radius 1 is 0.907 bits per heavy atom. The van der Waals surface area contributed by atoms with Gasteiger partial charge in [0.25, 0.3) is 5.91 Å². The predicted molar refractivity (Wildman–Crippen MR) is 167 cm³/mol. The van der Waals surface area contributed by atoms with E-state index in [0.717, 1.165) is 38.6 Å². The molecule has 2 aliphatic rings. The number of hydrogen-bond acceptors (Lipinski definition) is 7. The first-order chi connectivity index (χ1) is 21.0. The molecule has 0 fully saturated rings. The number of ether oxygens (including phenoxy) is 5. The topological polar surface area (TPSA) is 66.5 Å². The number of methoxy groups -OCH3 is 3. The van der Waals surface area contributed by atoms with Gasteiger partial charge in [0.15, 0.2) is 23.0 Å². The molecular formula is C35H33NO6S. The van der Waals surface area contributed by atoms with Gasteiger partial charge in [-0.05, 0) is 65.6 Å². The Hall–Kier alpha value is -4.56. The standard InChI is InChI=1S/C35H33NO6S/c1-5-9-24-18-30-31(42-22-41-30)19-25(24)20-35(43-27-10-7-6-8-11-27)28-16-17-29(39-3)33(40-4)32(28)34(37)36(35)21-23-12-14-26(38-2)15-13-23/h5-8,10-19H,1,9,20-22H2,2-4H3. The molecule has 6 rings (SSSR count). The van der Waals surface area contributed by atoms with E-state index in [-0.39, 0.29) is 12.7 Å². The van der Waals surface area contributed by atoms with E-state index < -0.39 is 4.87 Å². The third-order valence-electron chi connectivity index (χ3n) is 7.88. The molecule has 43 heavy (non-hydrogen) atoms. The lowest BCUT2D eigenvalue weighted by Crippen LogP contribution is -2.42. The molecule has 2 heterocycles. The summed E-state index contributed by atoms with van der Waals surface area (Å²) in [7, 11) is 4.80. The Balaban J connectivity index is 1.58. The van der Waals surface area contributed by atoms with Crippen molar-refractivity contribution in [3.8, 4) is 28.7 Å². The summed E-state index contributed by atoms with van der Waals surface area (Å²) in [6, 6.07) is 25.9. The molecule has 4 aromatic carbocycles. The molecule has 1 atom stereocenters. The summed E-state index contributed by atoms with van der Waals surface area (Å²) in [5, 5.41) is 0. The van der Waals surface area contributed by atoms with Crippen LogP contribution in [0.2, 0.25) is 0 Å². The van der Waals surface area contributed by atoms with Crippen LogP contribution >= 0.6 is 11.8 Å². The summed E-state index contributed by atoms with van der Waals surface area (Å²) < 4.78 is 28.4. The minimum absolute atomic E-state index is 0.129. The van der Waals surface area contributed by atoms with Crippen molar-refractivity contribution in [2.75, 3.05) is 28.1 Å². The highest BCUT2D eigenvalue weighted by Crippen LogP contribution is 2.56. The average Bonchev–Trinajstić information content (AvgIpc) is 3.58. The number of benzene rings is 4. The van der Waals surface area contributed by atoms with Crippen LogP contribution in [0.25, 0.3) is 0 Å². The second kappa shape index (κ2) is 12.0. The van der Waals surface area contributed by atoms with Gasteiger partial charge in [-0.25, -0.2) is 0 Å². The van der Waals surface area contributed by atoms with Crippen molar-refractivity contribution in [3.05, 3.63) is 119 Å². The van der Waals surface area contributed by atoms with E-state index in [4.69, 9.17) is 23.7 Å². The maximum absolute atomic E-state index is 14.7. The molecule has 0 aromatic heterocycles. The largest absolute Gasteiger partial charge is 0.497 e. The van der Waals surface area contributed by atoms with E-state index in [9.17, 15) is 4.79 Å². The number of carbonyl (C=O) groups excluding carboxylic acids is 1. The zero-order chi connectivity index (χ0) is 30.0. The number of allylic oxidation sites excluding steroid dienone is 1. The number of amides is 1. The second-order valence-electron chi connectivity index (χ2n) is 10.3. The predicted octanol–water partition coefficient (Wildman–Crippen LogP) is 7.01. The smallest absolute Gasteiger partial charge is 0.259 e. The summed E-state index contributed by atoms with van der Waals surface area (Å²) in [5.41, 5.74) is 4.45. The molecule has 7 nitrogen and oxygen atoms in total. The van der Waals surface area contributed by atoms with Gasteiger partial charge >= 0.3 is 0 Å². The van der Waals surface area contributed by atoms with Crippen molar-refractivity contribution in [2.45, 2.75) is 29.2 Å². The molecule has 0 bridgehead atoms. The van der Waals surface area contributed by atoms with E-state index in [1.54, 1.807) is 33.1 Å². The lowest BCUT2D eigenvalue weighted by Gasteiger charge is -2.39. The first-order valence-corrected chi connectivity index (χ1v) is 14.8. The third-order valence-corrected chi connectivity index (χ3v) is 9.31. The lowest BCUT2D eigenvalue weighted by molar-refractivity contribution is 0.0670. The lowest BCUT2D eigenvalue weighted by atomic mass is 9.92. The molecule has 0 spiro atoms. The fraction of sp³-hybridized carbons (Fsp3) is 0.229. The monoisotopic (exact) mass is 595 g/mol. The van der Waals surface area contributed by atoms with E-state index in [0.29, 0.717) is 42.2 Å². The minimum Gasteiger partial charge on any atom is -0.497 e. The molecule has 220 valence electrons. The van der Waals surface area contributed by atoms with Gasteiger partial charge in [0.2, 0.25) is 6.79 Å². The summed E-state index contributed by atoms with van der Waals surface area (Å²) in [6.45, 7) is 4.54. The second-order valence-corrected chi connectivity index (χ2v) is 11.7. The number of carbonyl (C=O) groups is 1. The highest BCUT2D eigenvalue weighted by atomic mass is 32.2. The summed E-state index contributed by atoms with van der Waals surface area (Å²) in [4.78, 5) is 16.8. The molecule has 2 aliphatic heterocycles. The van der Waals surface area contributed by atoms with Gasteiger partial charge in [-0.2, -0.15) is 0 Å². The third kappa shape index (κ3) is 5.16. The highest BCUT2D eigenvalue weighted by molar-refractivity contribution is 8.00. The number of nitrogens with zero attached hydrogens (tertiary/aromatic N) is 1. The zero-order valence-electron chi connectivity index (χ0n) is 24.4. The maximum atomic E-state index is 14.7. The van der Waals surface area contributed by atoms with Crippen LogP contribution in [0.3, 0.4) is 0 Å². The van der Waals surface area contributed by atoms with Crippen LogP contribution < -0.4 is 23.7 Å². The van der Waals surface area contributed by atoms with E-state index >= 15 is 0 Å². The average molecular weight is 596 g/mol. The van der Waals surface area contributed by atoms with Crippen molar-refractivity contribution < 1.29 is 28.5 Å². The number of rotatable bonds is 11. The Morgan fingerprint density at radius 2 is 1.63 bits per heavy atom. The Morgan fingerprint density at radius 3 is 2.28 bits per heavy atom. The van der Waals surface area contributed by atoms with Crippen LogP contribution in [0.5, 0.6) is 28.7 Å². The van der Waals surface area contributed by atoms with Crippen LogP contribution in [0, 0.1) is 0 Å². The molecule has 0 aliphatic carbocycles. The Kier molecular flexibility index (Phi) is 7.95. The van der Waals surface area contributed by atoms with E-state index in [2.05, 4.69) is 18.7 Å². The van der Waals surface area contributed by atoms with E-state index in [1.165, 1.54) is 0 Å². The molecule has 0 N–H and O–H groups in total. The van der Waals surface area contributed by atoms with Gasteiger partial charge in [0.05, 0.1) is 26.9 Å². The van der Waals surface area contributed by atoms with Gasteiger partial charge in [0, 0.05) is 23.4 Å². The quantitative estimate of drug-likeness (QED) is 0.173. The van der Waals surface area contributed by atoms with Crippen LogP contribution in [0.1, 0.15) is 32.6 Å². The van der Waals surface area contributed by atoms with Gasteiger partial charge in [-0.1, -0.05) is 54.2 Å². The van der Waals surface area contributed by atoms with Crippen LogP contribution in [0.15, 0.2) is 96.4 Å². The first kappa shape index (κ1) is 28.6. The van der Waals surface area contributed by atoms with E-state index in [1.807, 2.05) is 77.7 Å². The van der Waals surface area contributed by atoms with Crippen molar-refractivity contribution in [1.82, 2.24) is 4.90 Å². The molecule has 0 saturated carbocycles.